The van der Waals surface area contributed by atoms with Crippen molar-refractivity contribution in [2.24, 2.45) is 5.73 Å². The quantitative estimate of drug-likeness (QED) is 0.0302. The van der Waals surface area contributed by atoms with Crippen LogP contribution in [0.15, 0.2) is 0 Å². The number of ether oxygens (including phenoxy) is 1. The van der Waals surface area contributed by atoms with Crippen molar-refractivity contribution in [2.75, 3.05) is 19.8 Å². The molecule has 0 aliphatic carbocycles. The Bertz CT molecular complexity index is 725. The van der Waals surface area contributed by atoms with E-state index in [9.17, 15) is 24.2 Å². The van der Waals surface area contributed by atoms with Crippen LogP contribution >= 0.6 is 7.82 Å². The van der Waals surface area contributed by atoms with Gasteiger partial charge in [-0.05, 0) is 6.42 Å². The Morgan fingerprint density at radius 2 is 0.955 bits per heavy atom. The minimum absolute atomic E-state index is 0.252. The molecule has 0 amide bonds. The van der Waals surface area contributed by atoms with Gasteiger partial charge in [0.15, 0.2) is 0 Å². The van der Waals surface area contributed by atoms with Crippen molar-refractivity contribution in [3.63, 3.8) is 0 Å². The molecule has 3 atom stereocenters. The van der Waals surface area contributed by atoms with Gasteiger partial charge in [-0.25, -0.2) is 4.57 Å². The fraction of sp³-hybridized carbons (Fsp3) is 0.939. The van der Waals surface area contributed by atoms with E-state index in [1.54, 1.807) is 0 Å². The number of aliphatic carboxylic acids is 1. The number of carbonyl (C=O) groups excluding carboxylic acids is 1. The Hall–Kier alpha value is -1.03. The third kappa shape index (κ3) is 31.0. The summed E-state index contributed by atoms with van der Waals surface area (Å²) < 4.78 is 25.6. The number of hydrogen-bond donors (Lipinski definition) is 4. The summed E-state index contributed by atoms with van der Waals surface area (Å²) in [7, 11) is -4.58. The zero-order chi connectivity index (χ0) is 32.7. The van der Waals surface area contributed by atoms with Crippen LogP contribution in [0.2, 0.25) is 0 Å². The molecule has 5 N–H and O–H groups in total. The molecule has 0 heterocycles. The molecule has 262 valence electrons. The van der Waals surface area contributed by atoms with Crippen molar-refractivity contribution in [2.45, 2.75) is 180 Å². The van der Waals surface area contributed by atoms with E-state index in [4.69, 9.17) is 15.6 Å². The van der Waals surface area contributed by atoms with Crippen molar-refractivity contribution >= 4 is 19.8 Å². The van der Waals surface area contributed by atoms with E-state index in [0.29, 0.717) is 6.42 Å². The molecule has 0 bridgehead atoms. The molecule has 0 fully saturated rings. The number of hydrogen-bond acceptors (Lipinski definition) is 8. The molecular weight excluding hydrogens is 585 g/mol. The molecule has 44 heavy (non-hydrogen) atoms. The number of phosphoric ester groups is 1. The van der Waals surface area contributed by atoms with E-state index in [2.05, 4.69) is 16.0 Å². The lowest BCUT2D eigenvalue weighted by Crippen LogP contribution is -2.34. The number of aliphatic hydroxyl groups excluding tert-OH is 1. The molecule has 11 heteroatoms. The van der Waals surface area contributed by atoms with Crippen LogP contribution in [0.25, 0.3) is 0 Å². The standard InChI is InChI=1S/C33H66NO9P/c1-2-3-4-5-6-7-8-9-10-11-12-13-14-15-16-17-18-19-20-21-22-23-24-25-26-32(36)41-27-30(35)28-42-44(39,40)43-29-31(34)33(37)38/h30-31,35H,2-29,34H2,1H3,(H,37,38)(H,39,40). The number of esters is 1. The van der Waals surface area contributed by atoms with Gasteiger partial charge in [0, 0.05) is 6.42 Å². The molecule has 3 unspecified atom stereocenters. The van der Waals surface area contributed by atoms with Gasteiger partial charge >= 0.3 is 19.8 Å². The minimum Gasteiger partial charge on any atom is -0.480 e. The number of carbonyl (C=O) groups is 2. The van der Waals surface area contributed by atoms with E-state index in [1.165, 1.54) is 135 Å². The highest BCUT2D eigenvalue weighted by Crippen LogP contribution is 2.43. The maximum absolute atomic E-state index is 11.8. The predicted octanol–water partition coefficient (Wildman–Crippen LogP) is 8.21. The summed E-state index contributed by atoms with van der Waals surface area (Å²) in [5.74, 6) is -1.84. The fourth-order valence-corrected chi connectivity index (χ4v) is 5.79. The molecule has 10 nitrogen and oxygen atoms in total. The average molecular weight is 652 g/mol. The first kappa shape index (κ1) is 43.0. The third-order valence-corrected chi connectivity index (χ3v) is 8.79. The van der Waals surface area contributed by atoms with E-state index < -0.39 is 45.1 Å². The highest BCUT2D eigenvalue weighted by Gasteiger charge is 2.26. The van der Waals surface area contributed by atoms with E-state index in [0.717, 1.165) is 12.8 Å². The maximum atomic E-state index is 11.8. The van der Waals surface area contributed by atoms with Gasteiger partial charge < -0.3 is 25.6 Å². The summed E-state index contributed by atoms with van der Waals surface area (Å²) in [6.07, 6.45) is 30.5. The van der Waals surface area contributed by atoms with Crippen LogP contribution in [0, 0.1) is 0 Å². The largest absolute Gasteiger partial charge is 0.480 e. The predicted molar refractivity (Wildman–Crippen MR) is 175 cm³/mol. The third-order valence-electron chi connectivity index (χ3n) is 7.84. The molecular formula is C33H66NO9P. The van der Waals surface area contributed by atoms with Crippen LogP contribution < -0.4 is 5.73 Å². The number of aliphatic hydroxyl groups is 1. The van der Waals surface area contributed by atoms with Gasteiger partial charge in [-0.3, -0.25) is 18.6 Å². The minimum atomic E-state index is -4.58. The summed E-state index contributed by atoms with van der Waals surface area (Å²) in [5, 5.41) is 18.4. The molecule has 0 aliphatic rings. The highest BCUT2D eigenvalue weighted by molar-refractivity contribution is 7.47. The van der Waals surface area contributed by atoms with Gasteiger partial charge in [0.1, 0.15) is 18.8 Å². The second-order valence-corrected chi connectivity index (χ2v) is 13.7. The maximum Gasteiger partial charge on any atom is 0.472 e. The number of carboxylic acids is 1. The SMILES string of the molecule is CCCCCCCCCCCCCCCCCCCCCCCCCCC(=O)OCC(O)COP(=O)(O)OCC(N)C(=O)O. The van der Waals surface area contributed by atoms with Gasteiger partial charge in [-0.1, -0.05) is 155 Å². The normalized spacial score (nSPS) is 14.3. The van der Waals surface area contributed by atoms with Crippen LogP contribution in [0.4, 0.5) is 0 Å². The lowest BCUT2D eigenvalue weighted by Gasteiger charge is -2.16. The molecule has 0 aromatic rings. The van der Waals surface area contributed by atoms with Crippen molar-refractivity contribution < 1.29 is 43.0 Å². The van der Waals surface area contributed by atoms with Crippen LogP contribution in [-0.2, 0) is 27.9 Å². The van der Waals surface area contributed by atoms with E-state index >= 15 is 0 Å². The number of unbranched alkanes of at least 4 members (excludes halogenated alkanes) is 23. The summed E-state index contributed by atoms with van der Waals surface area (Å²) >= 11 is 0. The zero-order valence-corrected chi connectivity index (χ0v) is 28.7. The van der Waals surface area contributed by atoms with Crippen molar-refractivity contribution in [1.82, 2.24) is 0 Å². The molecule has 0 rings (SSSR count). The molecule has 0 aromatic carbocycles. The Morgan fingerprint density at radius 3 is 1.32 bits per heavy atom. The lowest BCUT2D eigenvalue weighted by atomic mass is 10.0. The number of carboxylic acid groups (broad SMARTS) is 1. The van der Waals surface area contributed by atoms with Gasteiger partial charge in [-0.2, -0.15) is 0 Å². The highest BCUT2D eigenvalue weighted by atomic mass is 31.2. The molecule has 0 spiro atoms. The number of phosphoric acid groups is 1. The van der Waals surface area contributed by atoms with E-state index in [-0.39, 0.29) is 13.0 Å². The second kappa shape index (κ2) is 30.6. The van der Waals surface area contributed by atoms with Gasteiger partial charge in [0.05, 0.1) is 13.2 Å². The van der Waals surface area contributed by atoms with Gasteiger partial charge in [-0.15, -0.1) is 0 Å². The van der Waals surface area contributed by atoms with Crippen molar-refractivity contribution in [1.29, 1.82) is 0 Å². The first-order valence-electron chi connectivity index (χ1n) is 17.6. The van der Waals surface area contributed by atoms with Gasteiger partial charge in [0.25, 0.3) is 0 Å². The van der Waals surface area contributed by atoms with Gasteiger partial charge in [0.2, 0.25) is 0 Å². The Kier molecular flexibility index (Phi) is 29.9. The summed E-state index contributed by atoms with van der Waals surface area (Å²) in [4.78, 5) is 31.9. The summed E-state index contributed by atoms with van der Waals surface area (Å²) in [5.41, 5.74) is 5.18. The Labute approximate surface area is 267 Å². The lowest BCUT2D eigenvalue weighted by molar-refractivity contribution is -0.147. The van der Waals surface area contributed by atoms with Crippen molar-refractivity contribution in [3.8, 4) is 0 Å². The molecule has 0 radical (unpaired) electrons. The van der Waals surface area contributed by atoms with Crippen molar-refractivity contribution in [3.05, 3.63) is 0 Å². The molecule has 0 saturated carbocycles. The smallest absolute Gasteiger partial charge is 0.472 e. The molecule has 0 aliphatic heterocycles. The Balaban J connectivity index is 3.39. The second-order valence-electron chi connectivity index (χ2n) is 12.2. The fourth-order valence-electron chi connectivity index (χ4n) is 5.00. The summed E-state index contributed by atoms with van der Waals surface area (Å²) in [6.45, 7) is 0.545. The number of rotatable bonds is 34. The van der Waals surface area contributed by atoms with Crippen LogP contribution in [0.5, 0.6) is 0 Å². The first-order chi connectivity index (χ1) is 21.2. The Morgan fingerprint density at radius 1 is 0.614 bits per heavy atom. The van der Waals surface area contributed by atoms with Crippen LogP contribution in [0.1, 0.15) is 167 Å². The van der Waals surface area contributed by atoms with Crippen LogP contribution in [-0.4, -0.2) is 59.0 Å². The van der Waals surface area contributed by atoms with E-state index in [1.807, 2.05) is 0 Å². The molecule has 0 aromatic heterocycles. The monoisotopic (exact) mass is 651 g/mol. The topological polar surface area (TPSA) is 166 Å². The zero-order valence-electron chi connectivity index (χ0n) is 27.8. The average Bonchev–Trinajstić information content (AvgIpc) is 2.99. The first-order valence-corrected chi connectivity index (χ1v) is 19.1. The van der Waals surface area contributed by atoms with Crippen LogP contribution in [0.3, 0.4) is 0 Å². The summed E-state index contributed by atoms with van der Waals surface area (Å²) in [6, 6.07) is -1.48. The molecule has 0 saturated heterocycles. The number of nitrogens with two attached hydrogens (primary N) is 1.